The highest BCUT2D eigenvalue weighted by Gasteiger charge is 2.33. The van der Waals surface area contributed by atoms with E-state index in [4.69, 9.17) is 9.47 Å². The van der Waals surface area contributed by atoms with Crippen LogP contribution in [0.15, 0.2) is 4.99 Å². The number of nitrogens with one attached hydrogen (secondary N) is 2. The van der Waals surface area contributed by atoms with Crippen LogP contribution in [0.3, 0.4) is 0 Å². The van der Waals surface area contributed by atoms with Crippen molar-refractivity contribution in [2.45, 2.75) is 13.3 Å². The molecule has 0 aromatic heterocycles. The molecule has 0 atom stereocenters. The Morgan fingerprint density at radius 1 is 1.41 bits per heavy atom. The predicted molar refractivity (Wildman–Crippen MR) is 80.2 cm³/mol. The number of aliphatic imine (C=N–C) groups is 1. The largest absolute Gasteiger partial charge is 0.385 e. The molecule has 0 aliphatic carbocycles. The Hall–Kier alpha value is -0.0800. The van der Waals surface area contributed by atoms with E-state index in [2.05, 4.69) is 22.5 Å². The fraction of sp³-hybridized carbons (Fsp3) is 0.909. The third-order valence-electron chi connectivity index (χ3n) is 2.62. The first-order chi connectivity index (χ1) is 7.70. The lowest BCUT2D eigenvalue weighted by Crippen LogP contribution is -2.51. The van der Waals surface area contributed by atoms with Gasteiger partial charge in [-0.1, -0.05) is 6.92 Å². The molecule has 0 amide bonds. The average Bonchev–Trinajstić information content (AvgIpc) is 2.26. The molecule has 0 radical (unpaired) electrons. The summed E-state index contributed by atoms with van der Waals surface area (Å²) in [5.74, 6) is 0.851. The van der Waals surface area contributed by atoms with E-state index in [-0.39, 0.29) is 29.4 Å². The second-order valence-electron chi connectivity index (χ2n) is 4.50. The van der Waals surface area contributed by atoms with Crippen LogP contribution in [0.25, 0.3) is 0 Å². The van der Waals surface area contributed by atoms with Gasteiger partial charge in [0.25, 0.3) is 0 Å². The third-order valence-corrected chi connectivity index (χ3v) is 2.62. The Kier molecular flexibility index (Phi) is 8.89. The van der Waals surface area contributed by atoms with E-state index in [1.54, 1.807) is 14.2 Å². The molecule has 1 heterocycles. The molecule has 1 fully saturated rings. The second-order valence-corrected chi connectivity index (χ2v) is 4.50. The van der Waals surface area contributed by atoms with Crippen LogP contribution in [0.5, 0.6) is 0 Å². The number of halogens is 1. The fourth-order valence-corrected chi connectivity index (χ4v) is 1.49. The van der Waals surface area contributed by atoms with Crippen molar-refractivity contribution in [2.24, 2.45) is 10.4 Å². The minimum absolute atomic E-state index is 0. The van der Waals surface area contributed by atoms with Crippen molar-refractivity contribution in [2.75, 3.05) is 47.1 Å². The van der Waals surface area contributed by atoms with Crippen molar-refractivity contribution in [3.63, 3.8) is 0 Å². The first-order valence-electron chi connectivity index (χ1n) is 5.71. The van der Waals surface area contributed by atoms with Gasteiger partial charge in [-0.25, -0.2) is 0 Å². The Balaban J connectivity index is 0.00000256. The molecule has 0 unspecified atom stereocenters. The summed E-state index contributed by atoms with van der Waals surface area (Å²) in [6.45, 7) is 6.43. The van der Waals surface area contributed by atoms with Gasteiger partial charge in [-0.3, -0.25) is 4.99 Å². The summed E-state index contributed by atoms with van der Waals surface area (Å²) < 4.78 is 10.2. The summed E-state index contributed by atoms with van der Waals surface area (Å²) in [6, 6.07) is 0. The van der Waals surface area contributed by atoms with Gasteiger partial charge in [0, 0.05) is 39.3 Å². The van der Waals surface area contributed by atoms with Gasteiger partial charge in [-0.2, -0.15) is 0 Å². The molecule has 2 N–H and O–H groups in total. The van der Waals surface area contributed by atoms with Gasteiger partial charge in [0.2, 0.25) is 0 Å². The summed E-state index contributed by atoms with van der Waals surface area (Å²) in [7, 11) is 3.50. The van der Waals surface area contributed by atoms with E-state index in [1.807, 2.05) is 0 Å². The Bertz CT molecular complexity index is 233. The summed E-state index contributed by atoms with van der Waals surface area (Å²) in [6.07, 6.45) is 0.984. The van der Waals surface area contributed by atoms with Gasteiger partial charge in [-0.15, -0.1) is 24.0 Å². The fourth-order valence-electron chi connectivity index (χ4n) is 1.49. The maximum atomic E-state index is 5.20. The minimum Gasteiger partial charge on any atom is -0.385 e. The average molecular weight is 357 g/mol. The summed E-state index contributed by atoms with van der Waals surface area (Å²) >= 11 is 0. The highest BCUT2D eigenvalue weighted by Crippen LogP contribution is 2.24. The standard InChI is InChI=1S/C11H23N3O2.HI/c1-11(8-16-9-11)7-14-10(12-2)13-5-4-6-15-3;/h4-9H2,1-3H3,(H2,12,13,14);1H. The molecule has 1 aliphatic rings. The van der Waals surface area contributed by atoms with Gasteiger partial charge in [0.05, 0.1) is 13.2 Å². The zero-order valence-corrected chi connectivity index (χ0v) is 13.2. The predicted octanol–water partition coefficient (Wildman–Crippen LogP) is 0.842. The van der Waals surface area contributed by atoms with Gasteiger partial charge >= 0.3 is 0 Å². The molecule has 0 spiro atoms. The van der Waals surface area contributed by atoms with E-state index in [0.717, 1.165) is 45.3 Å². The number of guanidine groups is 1. The molecule has 102 valence electrons. The molecular weight excluding hydrogens is 333 g/mol. The molecule has 0 bridgehead atoms. The van der Waals surface area contributed by atoms with Crippen LogP contribution in [0.1, 0.15) is 13.3 Å². The van der Waals surface area contributed by atoms with Crippen molar-refractivity contribution < 1.29 is 9.47 Å². The van der Waals surface area contributed by atoms with E-state index >= 15 is 0 Å². The highest BCUT2D eigenvalue weighted by atomic mass is 127. The van der Waals surface area contributed by atoms with Crippen LogP contribution in [0.2, 0.25) is 0 Å². The van der Waals surface area contributed by atoms with Gasteiger partial charge < -0.3 is 20.1 Å². The first-order valence-corrected chi connectivity index (χ1v) is 5.71. The van der Waals surface area contributed by atoms with Crippen LogP contribution in [-0.4, -0.2) is 53.0 Å². The summed E-state index contributed by atoms with van der Waals surface area (Å²) in [5, 5.41) is 6.55. The number of hydrogen-bond donors (Lipinski definition) is 2. The van der Waals surface area contributed by atoms with Crippen molar-refractivity contribution in [3.05, 3.63) is 0 Å². The molecule has 17 heavy (non-hydrogen) atoms. The number of rotatable bonds is 6. The molecule has 1 saturated heterocycles. The van der Waals surface area contributed by atoms with Crippen LogP contribution >= 0.6 is 24.0 Å². The first kappa shape index (κ1) is 16.9. The van der Waals surface area contributed by atoms with Gasteiger partial charge in [0.1, 0.15) is 0 Å². The summed E-state index contributed by atoms with van der Waals surface area (Å²) in [4.78, 5) is 4.16. The lowest BCUT2D eigenvalue weighted by molar-refractivity contribution is -0.0971. The quantitative estimate of drug-likeness (QED) is 0.320. The Labute approximate surface area is 121 Å². The molecule has 5 nitrogen and oxygen atoms in total. The molecule has 1 aliphatic heterocycles. The monoisotopic (exact) mass is 357 g/mol. The Morgan fingerprint density at radius 2 is 2.12 bits per heavy atom. The maximum absolute atomic E-state index is 5.20. The van der Waals surface area contributed by atoms with Crippen LogP contribution in [0, 0.1) is 5.41 Å². The summed E-state index contributed by atoms with van der Waals surface area (Å²) in [5.41, 5.74) is 0.268. The van der Waals surface area contributed by atoms with Crippen molar-refractivity contribution in [1.29, 1.82) is 0 Å². The van der Waals surface area contributed by atoms with Gasteiger partial charge in [-0.05, 0) is 6.42 Å². The van der Waals surface area contributed by atoms with E-state index in [9.17, 15) is 0 Å². The molecule has 0 aromatic rings. The second kappa shape index (κ2) is 8.93. The highest BCUT2D eigenvalue weighted by molar-refractivity contribution is 14.0. The van der Waals surface area contributed by atoms with Gasteiger partial charge in [0.15, 0.2) is 5.96 Å². The topological polar surface area (TPSA) is 54.9 Å². The minimum atomic E-state index is 0. The molecular formula is C11H24IN3O2. The molecule has 0 aromatic carbocycles. The number of ether oxygens (including phenoxy) is 2. The molecule has 6 heteroatoms. The third kappa shape index (κ3) is 6.42. The van der Waals surface area contributed by atoms with E-state index in [0.29, 0.717) is 0 Å². The SMILES string of the molecule is CN=C(NCCCOC)NCC1(C)COC1.I. The molecule has 1 rings (SSSR count). The lowest BCUT2D eigenvalue weighted by Gasteiger charge is -2.38. The van der Waals surface area contributed by atoms with E-state index < -0.39 is 0 Å². The van der Waals surface area contributed by atoms with Crippen LogP contribution in [0.4, 0.5) is 0 Å². The number of methoxy groups -OCH3 is 1. The normalized spacial score (nSPS) is 17.9. The number of hydrogen-bond acceptors (Lipinski definition) is 3. The van der Waals surface area contributed by atoms with Crippen molar-refractivity contribution in [3.8, 4) is 0 Å². The van der Waals surface area contributed by atoms with Crippen LogP contribution in [-0.2, 0) is 9.47 Å². The van der Waals surface area contributed by atoms with E-state index in [1.165, 1.54) is 0 Å². The Morgan fingerprint density at radius 3 is 2.59 bits per heavy atom. The van der Waals surface area contributed by atoms with Crippen molar-refractivity contribution in [1.82, 2.24) is 10.6 Å². The number of nitrogens with zero attached hydrogens (tertiary/aromatic N) is 1. The zero-order chi connectivity index (χ0) is 11.9. The van der Waals surface area contributed by atoms with Crippen LogP contribution < -0.4 is 10.6 Å². The smallest absolute Gasteiger partial charge is 0.191 e. The maximum Gasteiger partial charge on any atom is 0.191 e. The lowest BCUT2D eigenvalue weighted by atomic mass is 9.89. The molecule has 0 saturated carbocycles. The van der Waals surface area contributed by atoms with Crippen molar-refractivity contribution >= 4 is 29.9 Å². The zero-order valence-electron chi connectivity index (χ0n) is 10.9.